The minimum Gasteiger partial charge on any atom is -0.339 e. The van der Waals surface area contributed by atoms with Gasteiger partial charge in [0.15, 0.2) is 0 Å². The maximum atomic E-state index is 12.4. The largest absolute Gasteiger partial charge is 0.339 e. The summed E-state index contributed by atoms with van der Waals surface area (Å²) in [5.74, 6) is 0.780. The number of rotatable bonds is 2. The van der Waals surface area contributed by atoms with Crippen molar-refractivity contribution in [1.29, 1.82) is 0 Å². The van der Waals surface area contributed by atoms with Crippen molar-refractivity contribution in [3.63, 3.8) is 0 Å². The highest BCUT2D eigenvalue weighted by atomic mass is 16.2. The van der Waals surface area contributed by atoms with Crippen LogP contribution in [0.3, 0.4) is 0 Å². The monoisotopic (exact) mass is 249 g/mol. The molecule has 1 unspecified atom stereocenters. The molecule has 0 bridgehead atoms. The van der Waals surface area contributed by atoms with Crippen LogP contribution >= 0.6 is 0 Å². The van der Waals surface area contributed by atoms with Crippen LogP contribution in [-0.2, 0) is 4.79 Å². The number of carbonyl (C=O) groups excluding carboxylic acids is 1. The van der Waals surface area contributed by atoms with Crippen LogP contribution in [0, 0.1) is 5.92 Å². The molecule has 1 aromatic rings. The third-order valence-corrected chi connectivity index (χ3v) is 4.10. The van der Waals surface area contributed by atoms with Crippen molar-refractivity contribution in [3.05, 3.63) is 12.7 Å². The number of hydrogen-bond donors (Lipinski definition) is 1. The van der Waals surface area contributed by atoms with E-state index in [0.717, 1.165) is 19.6 Å². The van der Waals surface area contributed by atoms with E-state index in [0.29, 0.717) is 12.0 Å². The van der Waals surface area contributed by atoms with Crippen LogP contribution in [0.2, 0.25) is 0 Å². The topological polar surface area (TPSA) is 63.1 Å². The van der Waals surface area contributed by atoms with Crippen molar-refractivity contribution in [2.45, 2.75) is 31.8 Å². The van der Waals surface area contributed by atoms with Gasteiger partial charge in [0.25, 0.3) is 0 Å². The summed E-state index contributed by atoms with van der Waals surface area (Å²) >= 11 is 0. The predicted molar refractivity (Wildman–Crippen MR) is 65.8 cm³/mol. The zero-order valence-electron chi connectivity index (χ0n) is 10.6. The van der Waals surface area contributed by atoms with E-state index in [9.17, 15) is 4.79 Å². The molecule has 3 atom stereocenters. The quantitative estimate of drug-likeness (QED) is 0.804. The Hall–Kier alpha value is -1.43. The number of amides is 1. The molecule has 3 rings (SSSR count). The van der Waals surface area contributed by atoms with Gasteiger partial charge in [-0.25, -0.2) is 9.67 Å². The van der Waals surface area contributed by atoms with Gasteiger partial charge >= 0.3 is 0 Å². The van der Waals surface area contributed by atoms with Gasteiger partial charge in [-0.05, 0) is 32.2 Å². The average molecular weight is 249 g/mol. The molecular weight excluding hydrogens is 230 g/mol. The second-order valence-corrected chi connectivity index (χ2v) is 5.26. The fraction of sp³-hybridized carbons (Fsp3) is 0.750. The Morgan fingerprint density at radius 2 is 2.39 bits per heavy atom. The molecule has 18 heavy (non-hydrogen) atoms. The van der Waals surface area contributed by atoms with E-state index in [1.165, 1.54) is 19.2 Å². The summed E-state index contributed by atoms with van der Waals surface area (Å²) < 4.78 is 1.62. The van der Waals surface area contributed by atoms with Crippen LogP contribution in [0.25, 0.3) is 0 Å². The molecule has 6 nitrogen and oxygen atoms in total. The maximum absolute atomic E-state index is 12.4. The van der Waals surface area contributed by atoms with Crippen molar-refractivity contribution in [1.82, 2.24) is 25.0 Å². The van der Waals surface area contributed by atoms with Crippen LogP contribution in [0.4, 0.5) is 0 Å². The van der Waals surface area contributed by atoms with Crippen molar-refractivity contribution in [2.24, 2.45) is 5.92 Å². The molecule has 0 aliphatic carbocycles. The number of piperidine rings is 1. The summed E-state index contributed by atoms with van der Waals surface area (Å²) in [7, 11) is 0. The Bertz CT molecular complexity index is 404. The molecule has 2 aliphatic rings. The van der Waals surface area contributed by atoms with Gasteiger partial charge in [-0.3, -0.25) is 4.79 Å². The molecule has 98 valence electrons. The third-order valence-electron chi connectivity index (χ3n) is 4.10. The minimum absolute atomic E-state index is 0.150. The highest BCUT2D eigenvalue weighted by Crippen LogP contribution is 2.26. The molecular formula is C12H19N5O. The third kappa shape index (κ3) is 2.01. The number of nitrogens with one attached hydrogen (secondary N) is 1. The number of fused-ring (bicyclic) bond motifs is 1. The number of nitrogens with zero attached hydrogens (tertiary/aromatic N) is 4. The molecule has 0 radical (unpaired) electrons. The molecule has 0 aromatic carbocycles. The molecule has 3 heterocycles. The van der Waals surface area contributed by atoms with Gasteiger partial charge in [-0.15, -0.1) is 0 Å². The number of likely N-dealkylation sites (tertiary alicyclic amines) is 1. The molecule has 1 aromatic heterocycles. The highest BCUT2D eigenvalue weighted by molar-refractivity contribution is 5.80. The lowest BCUT2D eigenvalue weighted by Crippen LogP contribution is -2.41. The van der Waals surface area contributed by atoms with E-state index in [4.69, 9.17) is 0 Å². The molecule has 2 aliphatic heterocycles. The van der Waals surface area contributed by atoms with Crippen LogP contribution in [0.1, 0.15) is 25.8 Å². The SMILES string of the molecule is CC(C(=O)N1C[C@@H]2CCCN[C@@H]2C1)n1cncn1. The Labute approximate surface area is 106 Å². The maximum Gasteiger partial charge on any atom is 0.247 e. The summed E-state index contributed by atoms with van der Waals surface area (Å²) in [6.45, 7) is 4.69. The molecule has 1 amide bonds. The summed E-state index contributed by atoms with van der Waals surface area (Å²) in [5.41, 5.74) is 0. The van der Waals surface area contributed by atoms with Crippen LogP contribution in [0.5, 0.6) is 0 Å². The highest BCUT2D eigenvalue weighted by Gasteiger charge is 2.37. The Kier molecular flexibility index (Phi) is 3.03. The number of carbonyl (C=O) groups is 1. The normalized spacial score (nSPS) is 29.1. The lowest BCUT2D eigenvalue weighted by atomic mass is 9.94. The summed E-state index contributed by atoms with van der Waals surface area (Å²) in [4.78, 5) is 18.3. The van der Waals surface area contributed by atoms with Crippen LogP contribution < -0.4 is 5.32 Å². The summed E-state index contributed by atoms with van der Waals surface area (Å²) in [5, 5.41) is 7.55. The van der Waals surface area contributed by atoms with Gasteiger partial charge in [0.05, 0.1) is 0 Å². The van der Waals surface area contributed by atoms with Gasteiger partial charge in [-0.2, -0.15) is 5.10 Å². The van der Waals surface area contributed by atoms with Crippen LogP contribution in [-0.4, -0.2) is 51.2 Å². The van der Waals surface area contributed by atoms with Gasteiger partial charge in [-0.1, -0.05) is 0 Å². The van der Waals surface area contributed by atoms with E-state index in [1.807, 2.05) is 11.8 Å². The Morgan fingerprint density at radius 1 is 1.50 bits per heavy atom. The standard InChI is InChI=1S/C12H19N5O/c1-9(17-8-13-7-15-17)12(18)16-5-10-3-2-4-14-11(10)6-16/h7-11,14H,2-6H2,1H3/t9?,10-,11+/m0/s1. The van der Waals surface area contributed by atoms with Crippen LogP contribution in [0.15, 0.2) is 12.7 Å². The van der Waals surface area contributed by atoms with E-state index >= 15 is 0 Å². The van der Waals surface area contributed by atoms with E-state index in [2.05, 4.69) is 15.4 Å². The van der Waals surface area contributed by atoms with E-state index in [-0.39, 0.29) is 11.9 Å². The first-order valence-electron chi connectivity index (χ1n) is 6.62. The lowest BCUT2D eigenvalue weighted by Gasteiger charge is -2.24. The lowest BCUT2D eigenvalue weighted by molar-refractivity contribution is -0.133. The van der Waals surface area contributed by atoms with Gasteiger partial charge < -0.3 is 10.2 Å². The Morgan fingerprint density at radius 3 is 3.11 bits per heavy atom. The zero-order valence-corrected chi connectivity index (χ0v) is 10.6. The van der Waals surface area contributed by atoms with E-state index < -0.39 is 0 Å². The molecule has 1 N–H and O–H groups in total. The van der Waals surface area contributed by atoms with Gasteiger partial charge in [0.1, 0.15) is 18.7 Å². The number of aromatic nitrogens is 3. The fourth-order valence-electron chi connectivity index (χ4n) is 3.02. The second-order valence-electron chi connectivity index (χ2n) is 5.26. The van der Waals surface area contributed by atoms with Crippen molar-refractivity contribution >= 4 is 5.91 Å². The molecule has 6 heteroatoms. The zero-order chi connectivity index (χ0) is 12.5. The molecule has 0 spiro atoms. The second kappa shape index (κ2) is 4.68. The summed E-state index contributed by atoms with van der Waals surface area (Å²) in [6, 6.07) is 0.235. The first-order chi connectivity index (χ1) is 8.75. The minimum atomic E-state index is -0.257. The smallest absolute Gasteiger partial charge is 0.247 e. The van der Waals surface area contributed by atoms with Gasteiger partial charge in [0.2, 0.25) is 5.91 Å². The van der Waals surface area contributed by atoms with E-state index in [1.54, 1.807) is 11.0 Å². The molecule has 0 saturated carbocycles. The predicted octanol–water partition coefficient (Wildman–Crippen LogP) is 0.0495. The summed E-state index contributed by atoms with van der Waals surface area (Å²) in [6.07, 6.45) is 5.53. The van der Waals surface area contributed by atoms with Crippen molar-refractivity contribution in [3.8, 4) is 0 Å². The average Bonchev–Trinajstić information content (AvgIpc) is 3.05. The molecule has 2 saturated heterocycles. The first-order valence-corrected chi connectivity index (χ1v) is 6.62. The first kappa shape index (κ1) is 11.6. The van der Waals surface area contributed by atoms with Gasteiger partial charge in [0, 0.05) is 19.1 Å². The number of hydrogen-bond acceptors (Lipinski definition) is 4. The van der Waals surface area contributed by atoms with Crippen molar-refractivity contribution in [2.75, 3.05) is 19.6 Å². The fourth-order valence-corrected chi connectivity index (χ4v) is 3.02. The molecule has 2 fully saturated rings. The van der Waals surface area contributed by atoms with Crippen molar-refractivity contribution < 1.29 is 4.79 Å². The Balaban J connectivity index is 1.67.